The first-order chi connectivity index (χ1) is 14.6. The van der Waals surface area contributed by atoms with Crippen LogP contribution in [-0.2, 0) is 30.9 Å². The zero-order chi connectivity index (χ0) is 23.0. The standard InChI is InChI=1S/C19H29N3O4.CH4O3S/c1-3-25-18(23)16-8-15-7-13(5-6-14(15)9-20-16)10-22-11-17(21-12-22)19(24)26-4-2;1-5(2,3)4/h11-16,20H,3-10H2,1-2H3;1H3,(H,2,3,4)/t13-,14-,15+,16-;/m0./s1. The minimum atomic E-state index is -3.67. The van der Waals surface area contributed by atoms with Gasteiger partial charge in [-0.3, -0.25) is 9.35 Å². The number of ether oxygens (including phenoxy) is 2. The van der Waals surface area contributed by atoms with E-state index in [9.17, 15) is 18.0 Å². The minimum Gasteiger partial charge on any atom is -0.465 e. The molecule has 0 amide bonds. The highest BCUT2D eigenvalue weighted by Gasteiger charge is 2.38. The third kappa shape index (κ3) is 8.58. The van der Waals surface area contributed by atoms with E-state index in [1.807, 2.05) is 11.5 Å². The summed E-state index contributed by atoms with van der Waals surface area (Å²) in [5, 5.41) is 3.35. The van der Waals surface area contributed by atoms with Gasteiger partial charge < -0.3 is 19.4 Å². The number of rotatable bonds is 6. The lowest BCUT2D eigenvalue weighted by Gasteiger charge is -2.42. The second-order valence-corrected chi connectivity index (χ2v) is 9.52. The smallest absolute Gasteiger partial charge is 0.358 e. The summed E-state index contributed by atoms with van der Waals surface area (Å²) in [4.78, 5) is 27.9. The van der Waals surface area contributed by atoms with Gasteiger partial charge in [0.25, 0.3) is 10.1 Å². The maximum absolute atomic E-state index is 12.0. The second kappa shape index (κ2) is 11.6. The molecular formula is C20H33N3O7S. The Labute approximate surface area is 183 Å². The van der Waals surface area contributed by atoms with E-state index in [1.165, 1.54) is 12.8 Å². The molecule has 4 atom stereocenters. The molecule has 31 heavy (non-hydrogen) atoms. The zero-order valence-electron chi connectivity index (χ0n) is 18.3. The highest BCUT2D eigenvalue weighted by molar-refractivity contribution is 7.85. The molecule has 2 heterocycles. The predicted molar refractivity (Wildman–Crippen MR) is 113 cm³/mol. The van der Waals surface area contributed by atoms with Gasteiger partial charge in [-0.25, -0.2) is 9.78 Å². The Kier molecular flexibility index (Phi) is 9.45. The second-order valence-electron chi connectivity index (χ2n) is 8.06. The highest BCUT2D eigenvalue weighted by atomic mass is 32.2. The van der Waals surface area contributed by atoms with Crippen LogP contribution in [-0.4, -0.2) is 66.5 Å². The average Bonchev–Trinajstić information content (AvgIpc) is 3.15. The first-order valence-corrected chi connectivity index (χ1v) is 12.5. The molecule has 0 aromatic carbocycles. The predicted octanol–water partition coefficient (Wildman–Crippen LogP) is 1.52. The fraction of sp³-hybridized carbons (Fsp3) is 0.750. The van der Waals surface area contributed by atoms with E-state index in [0.29, 0.717) is 42.9 Å². The fourth-order valence-electron chi connectivity index (χ4n) is 4.32. The Morgan fingerprint density at radius 2 is 1.87 bits per heavy atom. The van der Waals surface area contributed by atoms with E-state index < -0.39 is 10.1 Å². The molecule has 0 radical (unpaired) electrons. The maximum atomic E-state index is 12.0. The SMILES string of the molecule is CCOC(=O)c1cn(C[C@H]2CC[C@H]3CN[C@H](C(=O)OCC)C[C@H]3C2)cn1.CS(=O)(=O)O. The van der Waals surface area contributed by atoms with Crippen molar-refractivity contribution in [1.82, 2.24) is 14.9 Å². The van der Waals surface area contributed by atoms with Crippen molar-refractivity contribution in [2.75, 3.05) is 26.0 Å². The van der Waals surface area contributed by atoms with Crippen LogP contribution in [0.4, 0.5) is 0 Å². The summed E-state index contributed by atoms with van der Waals surface area (Å²) in [5.74, 6) is 1.25. The molecule has 11 heteroatoms. The first-order valence-electron chi connectivity index (χ1n) is 10.6. The van der Waals surface area contributed by atoms with Crippen LogP contribution in [0.25, 0.3) is 0 Å². The van der Waals surface area contributed by atoms with E-state index in [-0.39, 0.29) is 18.0 Å². The summed E-state index contributed by atoms with van der Waals surface area (Å²) in [6.45, 7) is 6.17. The van der Waals surface area contributed by atoms with Gasteiger partial charge in [-0.2, -0.15) is 8.42 Å². The van der Waals surface area contributed by atoms with Gasteiger partial charge in [-0.1, -0.05) is 0 Å². The third-order valence-corrected chi connectivity index (χ3v) is 5.57. The molecule has 0 bridgehead atoms. The van der Waals surface area contributed by atoms with E-state index in [1.54, 1.807) is 19.4 Å². The number of carbonyl (C=O) groups excluding carboxylic acids is 2. The van der Waals surface area contributed by atoms with Crippen LogP contribution in [0, 0.1) is 17.8 Å². The summed E-state index contributed by atoms with van der Waals surface area (Å²) < 4.78 is 38.0. The molecule has 1 aromatic rings. The van der Waals surface area contributed by atoms with Crippen LogP contribution in [0.2, 0.25) is 0 Å². The minimum absolute atomic E-state index is 0.123. The Balaban J connectivity index is 0.000000614. The number of hydrogen-bond donors (Lipinski definition) is 2. The number of hydrogen-bond acceptors (Lipinski definition) is 8. The molecule has 2 fully saturated rings. The lowest BCUT2D eigenvalue weighted by molar-refractivity contribution is -0.147. The monoisotopic (exact) mass is 459 g/mol. The Hall–Kier alpha value is -1.98. The maximum Gasteiger partial charge on any atom is 0.358 e. The van der Waals surface area contributed by atoms with Crippen LogP contribution in [0.1, 0.15) is 50.0 Å². The molecule has 10 nitrogen and oxygen atoms in total. The highest BCUT2D eigenvalue weighted by Crippen LogP contribution is 2.39. The molecule has 0 spiro atoms. The Morgan fingerprint density at radius 3 is 2.52 bits per heavy atom. The summed E-state index contributed by atoms with van der Waals surface area (Å²) in [6.07, 6.45) is 8.51. The van der Waals surface area contributed by atoms with Gasteiger partial charge in [-0.05, 0) is 63.8 Å². The van der Waals surface area contributed by atoms with Gasteiger partial charge in [0.2, 0.25) is 0 Å². The summed E-state index contributed by atoms with van der Waals surface area (Å²) in [5.41, 5.74) is 0.366. The number of nitrogens with zero attached hydrogens (tertiary/aromatic N) is 2. The van der Waals surface area contributed by atoms with Gasteiger partial charge in [-0.15, -0.1) is 0 Å². The Morgan fingerprint density at radius 1 is 1.19 bits per heavy atom. The van der Waals surface area contributed by atoms with Gasteiger partial charge in [0.1, 0.15) is 6.04 Å². The normalized spacial score (nSPS) is 25.5. The lowest BCUT2D eigenvalue weighted by Crippen LogP contribution is -2.50. The van der Waals surface area contributed by atoms with Crippen LogP contribution in [0.15, 0.2) is 12.5 Å². The van der Waals surface area contributed by atoms with E-state index in [2.05, 4.69) is 10.3 Å². The average molecular weight is 460 g/mol. The summed E-state index contributed by atoms with van der Waals surface area (Å²) in [7, 11) is -3.67. The number of imidazole rings is 1. The van der Waals surface area contributed by atoms with Crippen molar-refractivity contribution in [2.24, 2.45) is 17.8 Å². The van der Waals surface area contributed by atoms with E-state index >= 15 is 0 Å². The molecule has 1 aliphatic carbocycles. The quantitative estimate of drug-likeness (QED) is 0.479. The molecule has 0 unspecified atom stereocenters. The summed E-state index contributed by atoms with van der Waals surface area (Å²) >= 11 is 0. The number of fused-ring (bicyclic) bond motifs is 1. The van der Waals surface area contributed by atoms with Gasteiger partial charge in [0, 0.05) is 12.7 Å². The fourth-order valence-corrected chi connectivity index (χ4v) is 4.32. The first kappa shape index (κ1) is 25.3. The van der Waals surface area contributed by atoms with Crippen molar-refractivity contribution in [3.8, 4) is 0 Å². The summed E-state index contributed by atoms with van der Waals surface area (Å²) in [6, 6.07) is -0.168. The van der Waals surface area contributed by atoms with Crippen molar-refractivity contribution in [2.45, 2.75) is 52.1 Å². The van der Waals surface area contributed by atoms with Crippen molar-refractivity contribution >= 4 is 22.1 Å². The van der Waals surface area contributed by atoms with Crippen LogP contribution in [0.3, 0.4) is 0 Å². The number of esters is 2. The van der Waals surface area contributed by atoms with Crippen molar-refractivity contribution in [3.63, 3.8) is 0 Å². The van der Waals surface area contributed by atoms with Crippen LogP contribution < -0.4 is 5.32 Å². The van der Waals surface area contributed by atoms with Gasteiger partial charge >= 0.3 is 11.9 Å². The van der Waals surface area contributed by atoms with Crippen LogP contribution >= 0.6 is 0 Å². The van der Waals surface area contributed by atoms with Gasteiger partial charge in [0.15, 0.2) is 5.69 Å². The van der Waals surface area contributed by atoms with E-state index in [0.717, 1.165) is 25.9 Å². The molecule has 176 valence electrons. The lowest BCUT2D eigenvalue weighted by atomic mass is 9.69. The largest absolute Gasteiger partial charge is 0.465 e. The van der Waals surface area contributed by atoms with E-state index in [4.69, 9.17) is 14.0 Å². The third-order valence-electron chi connectivity index (χ3n) is 5.57. The Bertz CT molecular complexity index is 832. The molecule has 1 aliphatic heterocycles. The number of aromatic nitrogens is 2. The molecule has 2 aliphatic rings. The van der Waals surface area contributed by atoms with Crippen molar-refractivity contribution in [3.05, 3.63) is 18.2 Å². The molecule has 1 saturated carbocycles. The molecule has 2 N–H and O–H groups in total. The van der Waals surface area contributed by atoms with Crippen molar-refractivity contribution < 1.29 is 32.0 Å². The zero-order valence-corrected chi connectivity index (χ0v) is 19.1. The van der Waals surface area contributed by atoms with Crippen LogP contribution in [0.5, 0.6) is 0 Å². The van der Waals surface area contributed by atoms with Crippen molar-refractivity contribution in [1.29, 1.82) is 0 Å². The topological polar surface area (TPSA) is 137 Å². The molecular weight excluding hydrogens is 426 g/mol. The molecule has 1 saturated heterocycles. The molecule has 3 rings (SSSR count). The number of nitrogens with one attached hydrogen (secondary N) is 1. The number of carbonyl (C=O) groups is 2. The van der Waals surface area contributed by atoms with Gasteiger partial charge in [0.05, 0.1) is 25.8 Å². The number of piperidine rings is 1. The molecule has 1 aromatic heterocycles.